The molecule has 0 bridgehead atoms. The molecule has 0 N–H and O–H groups in total. The molecule has 23 heavy (non-hydrogen) atoms. The Morgan fingerprint density at radius 3 is 1.57 bits per heavy atom. The van der Waals surface area contributed by atoms with Gasteiger partial charge >= 0.3 is 19.3 Å². The maximum atomic E-state index is 5.91. The number of aryl methyl sites for hydroxylation is 1. The van der Waals surface area contributed by atoms with Gasteiger partial charge in [-0.2, -0.15) is 0 Å². The molecule has 1 rings (SSSR count). The fourth-order valence-electron chi connectivity index (χ4n) is 3.15. The molecule has 0 spiro atoms. The van der Waals surface area contributed by atoms with Crippen LogP contribution >= 0.6 is 9.07 Å². The van der Waals surface area contributed by atoms with Crippen molar-refractivity contribution in [3.8, 4) is 0 Å². The van der Waals surface area contributed by atoms with Crippen molar-refractivity contribution in [1.29, 1.82) is 0 Å². The van der Waals surface area contributed by atoms with E-state index < -0.39 is 0 Å². The van der Waals surface area contributed by atoms with E-state index in [0.717, 1.165) is 4.55 Å². The second-order valence-electron chi connectivity index (χ2n) is 6.89. The second-order valence-corrected chi connectivity index (χ2v) is 8.91. The molecule has 128 valence electrons. The summed E-state index contributed by atoms with van der Waals surface area (Å²) in [6.45, 7) is 2.29. The smallest absolute Gasteiger partial charge is 0.345 e. The van der Waals surface area contributed by atoms with Crippen LogP contribution in [0, 0.1) is 0 Å². The molecule has 0 nitrogen and oxygen atoms in total. The molecule has 0 fully saturated rings. The largest absolute Gasteiger partial charge is 0.505 e. The van der Waals surface area contributed by atoms with Gasteiger partial charge in [0.05, 0.1) is 0 Å². The van der Waals surface area contributed by atoms with Crippen LogP contribution in [0.15, 0.2) is 24.3 Å². The number of hydrogen-bond donors (Lipinski definition) is 0. The first-order valence-corrected chi connectivity index (χ1v) is 13.1. The molecule has 0 unspecified atom stereocenters. The number of halogens is 1. The third-order valence-electron chi connectivity index (χ3n) is 4.73. The number of rotatable bonds is 15. The summed E-state index contributed by atoms with van der Waals surface area (Å²) in [6.07, 6.45) is 18.4. The molecule has 0 atom stereocenters. The summed E-state index contributed by atoms with van der Waals surface area (Å²) in [5, 5.41) is 0. The first-order chi connectivity index (χ1) is 11.4. The number of benzene rings is 1. The highest BCUT2D eigenvalue weighted by Gasteiger charge is 1.98. The molecule has 0 aliphatic rings. The Labute approximate surface area is 158 Å². The van der Waals surface area contributed by atoms with Crippen LogP contribution in [0.1, 0.15) is 95.1 Å². The lowest BCUT2D eigenvalue weighted by Gasteiger charge is -2.04. The molecule has 0 radical (unpaired) electrons. The molecule has 1 aromatic rings. The topological polar surface area (TPSA) is 0 Å². The molecule has 0 saturated carbocycles. The molecular formula is C21H35ClMg. The van der Waals surface area contributed by atoms with E-state index in [4.69, 9.17) is 9.07 Å². The van der Waals surface area contributed by atoms with Crippen molar-refractivity contribution in [2.45, 2.75) is 94.9 Å². The van der Waals surface area contributed by atoms with Gasteiger partial charge in [0, 0.05) is 0 Å². The summed E-state index contributed by atoms with van der Waals surface area (Å²) in [5.74, 6) is 0. The summed E-state index contributed by atoms with van der Waals surface area (Å²) in [4.78, 5) is 0. The second kappa shape index (κ2) is 15.8. The van der Waals surface area contributed by atoms with Gasteiger partial charge < -0.3 is 9.07 Å². The van der Waals surface area contributed by atoms with Gasteiger partial charge in [-0.25, -0.2) is 0 Å². The molecular weight excluding hydrogens is 312 g/mol. The third kappa shape index (κ3) is 12.3. The minimum Gasteiger partial charge on any atom is -0.345 e. The van der Waals surface area contributed by atoms with E-state index in [1.807, 2.05) is 0 Å². The predicted octanol–water partition coefficient (Wildman–Crippen LogP) is 7.29. The Morgan fingerprint density at radius 2 is 1.09 bits per heavy atom. The summed E-state index contributed by atoms with van der Waals surface area (Å²) in [7, 11) is 5.91. The molecule has 0 aliphatic carbocycles. The van der Waals surface area contributed by atoms with Gasteiger partial charge in [-0.15, -0.1) is 0 Å². The van der Waals surface area contributed by atoms with Crippen LogP contribution in [-0.4, -0.2) is 19.3 Å². The summed E-state index contributed by atoms with van der Waals surface area (Å²) < 4.78 is 1.13. The quantitative estimate of drug-likeness (QED) is 0.231. The van der Waals surface area contributed by atoms with E-state index in [9.17, 15) is 0 Å². The van der Waals surface area contributed by atoms with E-state index in [1.165, 1.54) is 94.6 Å². The maximum Gasteiger partial charge on any atom is 0.505 e. The Morgan fingerprint density at radius 1 is 0.652 bits per heavy atom. The highest BCUT2D eigenvalue weighted by molar-refractivity contribution is 6.93. The normalized spacial score (nSPS) is 10.7. The van der Waals surface area contributed by atoms with Gasteiger partial charge in [0.15, 0.2) is 0 Å². The van der Waals surface area contributed by atoms with E-state index in [0.29, 0.717) is 0 Å². The van der Waals surface area contributed by atoms with Crippen molar-refractivity contribution in [2.24, 2.45) is 0 Å². The molecule has 0 heterocycles. The fourth-order valence-corrected chi connectivity index (χ4v) is 4.36. The van der Waals surface area contributed by atoms with Gasteiger partial charge in [-0.3, -0.25) is 0 Å². The molecule has 0 aromatic heterocycles. The Hall–Kier alpha value is 0.276. The van der Waals surface area contributed by atoms with Crippen LogP contribution in [0.25, 0.3) is 0 Å². The molecule has 0 amide bonds. The summed E-state index contributed by atoms with van der Waals surface area (Å²) in [5.41, 5.74) is 2.92. The lowest BCUT2D eigenvalue weighted by Crippen LogP contribution is -1.91. The van der Waals surface area contributed by atoms with Crippen molar-refractivity contribution >= 4 is 28.3 Å². The van der Waals surface area contributed by atoms with Gasteiger partial charge in [0.2, 0.25) is 0 Å². The highest BCUT2D eigenvalue weighted by atomic mass is 35.5. The van der Waals surface area contributed by atoms with Crippen LogP contribution in [0.3, 0.4) is 0 Å². The van der Waals surface area contributed by atoms with Crippen molar-refractivity contribution in [2.75, 3.05) is 0 Å². The van der Waals surface area contributed by atoms with Gasteiger partial charge in [-0.1, -0.05) is 112 Å². The molecule has 0 aliphatic heterocycles. The highest BCUT2D eigenvalue weighted by Crippen LogP contribution is 2.14. The van der Waals surface area contributed by atoms with E-state index in [2.05, 4.69) is 31.2 Å². The van der Waals surface area contributed by atoms with Crippen molar-refractivity contribution in [3.05, 3.63) is 35.4 Å². The van der Waals surface area contributed by atoms with Crippen molar-refractivity contribution in [1.82, 2.24) is 0 Å². The zero-order chi connectivity index (χ0) is 16.6. The fraction of sp³-hybridized carbons (Fsp3) is 0.714. The first-order valence-electron chi connectivity index (χ1n) is 10.0. The van der Waals surface area contributed by atoms with Gasteiger partial charge in [0.25, 0.3) is 0 Å². The SMILES string of the molecule is CCCCCCCCCCCCCCc1ccc([CH2][Mg][Cl])cc1. The predicted molar refractivity (Wildman–Crippen MR) is 107 cm³/mol. The minimum absolute atomic E-state index is 0.362. The Bertz CT molecular complexity index is 361. The average molecular weight is 347 g/mol. The van der Waals surface area contributed by atoms with Crippen LogP contribution in [0.5, 0.6) is 0 Å². The Balaban J connectivity index is 1.87. The van der Waals surface area contributed by atoms with Gasteiger partial charge in [-0.05, 0) is 18.4 Å². The van der Waals surface area contributed by atoms with E-state index in [1.54, 1.807) is 0 Å². The summed E-state index contributed by atoms with van der Waals surface area (Å²) in [6, 6.07) is 9.14. The number of unbranched alkanes of at least 4 members (excludes halogenated alkanes) is 11. The standard InChI is InChI=1S/C21H35.ClH.Mg/c1-3-4-5-6-7-8-9-10-11-12-13-14-15-21-18-16-20(2)17-19-21;;/h16-19H,2-15H2,1H3;1H;/q;;+1/p-1. The van der Waals surface area contributed by atoms with E-state index >= 15 is 0 Å². The summed E-state index contributed by atoms with van der Waals surface area (Å²) >= 11 is -0.362. The van der Waals surface area contributed by atoms with Crippen LogP contribution in [-0.2, 0) is 11.0 Å². The lowest BCUT2D eigenvalue weighted by molar-refractivity contribution is 0.544. The van der Waals surface area contributed by atoms with Crippen LogP contribution in [0.2, 0.25) is 0 Å². The number of hydrogen-bond acceptors (Lipinski definition) is 0. The molecule has 2 heteroatoms. The molecule has 1 aromatic carbocycles. The zero-order valence-corrected chi connectivity index (χ0v) is 17.5. The van der Waals surface area contributed by atoms with Crippen molar-refractivity contribution < 1.29 is 0 Å². The van der Waals surface area contributed by atoms with Crippen molar-refractivity contribution in [3.63, 3.8) is 0 Å². The van der Waals surface area contributed by atoms with Gasteiger partial charge in [0.1, 0.15) is 0 Å². The average Bonchev–Trinajstić information content (AvgIpc) is 2.57. The monoisotopic (exact) mass is 346 g/mol. The maximum absolute atomic E-state index is 5.91. The minimum atomic E-state index is -0.362. The van der Waals surface area contributed by atoms with Crippen LogP contribution < -0.4 is 0 Å². The lowest BCUT2D eigenvalue weighted by atomic mass is 10.0. The zero-order valence-electron chi connectivity index (χ0n) is 15.3. The molecule has 0 saturated heterocycles. The van der Waals surface area contributed by atoms with E-state index in [-0.39, 0.29) is 19.3 Å². The third-order valence-corrected chi connectivity index (χ3v) is 6.06. The van der Waals surface area contributed by atoms with Crippen LogP contribution in [0.4, 0.5) is 0 Å². The Kier molecular flexibility index (Phi) is 14.6. The first kappa shape index (κ1) is 21.3.